The smallest absolute Gasteiger partial charge is 0.271 e. The van der Waals surface area contributed by atoms with Crippen LogP contribution in [-0.4, -0.2) is 20.4 Å². The molecule has 4 nitrogen and oxygen atoms in total. The van der Waals surface area contributed by atoms with Crippen molar-refractivity contribution in [1.82, 2.24) is 5.32 Å². The van der Waals surface area contributed by atoms with Gasteiger partial charge in [0.15, 0.2) is 0 Å². The summed E-state index contributed by atoms with van der Waals surface area (Å²) in [7, 11) is 1.55. The highest BCUT2D eigenvalue weighted by atomic mass is 35.7. The Balaban J connectivity index is 2.07. The number of carbonyl (C=O) groups is 1. The molecular weight excluding hydrogens is 306 g/mol. The maximum atomic E-state index is 12.1. The van der Waals surface area contributed by atoms with Crippen LogP contribution in [0.15, 0.2) is 9.59 Å². The van der Waals surface area contributed by atoms with Crippen molar-refractivity contribution in [3.8, 4) is 0 Å². The topological polar surface area (TPSA) is 63.2 Å². The minimum atomic E-state index is -3.77. The molecule has 1 saturated carbocycles. The molecule has 0 saturated heterocycles. The maximum absolute atomic E-state index is 12.1. The summed E-state index contributed by atoms with van der Waals surface area (Å²) in [4.78, 5) is 12.1. The van der Waals surface area contributed by atoms with Gasteiger partial charge in [0.25, 0.3) is 15.0 Å². The molecular formula is C12H16ClNO3S2. The zero-order valence-corrected chi connectivity index (χ0v) is 13.2. The zero-order chi connectivity index (χ0) is 14.2. The van der Waals surface area contributed by atoms with Crippen LogP contribution in [0.4, 0.5) is 0 Å². The fourth-order valence-corrected chi connectivity index (χ4v) is 4.77. The molecule has 1 heterocycles. The lowest BCUT2D eigenvalue weighted by Gasteiger charge is -2.04. The molecule has 2 rings (SSSR count). The summed E-state index contributed by atoms with van der Waals surface area (Å²) in [6.07, 6.45) is 3.25. The van der Waals surface area contributed by atoms with Crippen LogP contribution in [0.1, 0.15) is 42.1 Å². The summed E-state index contributed by atoms with van der Waals surface area (Å²) in [5.41, 5.74) is 0.844. The zero-order valence-electron chi connectivity index (χ0n) is 10.8. The molecule has 1 aliphatic carbocycles. The first-order valence-electron chi connectivity index (χ1n) is 6.18. The molecule has 0 bridgehead atoms. The van der Waals surface area contributed by atoms with E-state index in [-0.39, 0.29) is 16.2 Å². The molecule has 1 aliphatic rings. The minimum Gasteiger partial charge on any atom is -0.349 e. The Kier molecular flexibility index (Phi) is 4.23. The predicted molar refractivity (Wildman–Crippen MR) is 76.4 cm³/mol. The molecule has 2 unspecified atom stereocenters. The quantitative estimate of drug-likeness (QED) is 0.848. The van der Waals surface area contributed by atoms with Crippen molar-refractivity contribution in [2.24, 2.45) is 5.92 Å². The first-order chi connectivity index (χ1) is 8.84. The normalized spacial score (nSPS) is 22.3. The summed E-state index contributed by atoms with van der Waals surface area (Å²) in [5, 5.41) is 4.49. The van der Waals surface area contributed by atoms with Crippen LogP contribution in [0.25, 0.3) is 0 Å². The van der Waals surface area contributed by atoms with Gasteiger partial charge in [-0.1, -0.05) is 13.3 Å². The lowest BCUT2D eigenvalue weighted by Crippen LogP contribution is -2.27. The lowest BCUT2D eigenvalue weighted by molar-refractivity contribution is 0.0948. The molecule has 106 valence electrons. The molecule has 1 aromatic rings. The Hall–Kier alpha value is -0.590. The van der Waals surface area contributed by atoms with Crippen molar-refractivity contribution in [2.45, 2.75) is 43.4 Å². The van der Waals surface area contributed by atoms with E-state index in [1.165, 1.54) is 0 Å². The molecule has 0 aromatic carbocycles. The molecule has 19 heavy (non-hydrogen) atoms. The van der Waals surface area contributed by atoms with Gasteiger partial charge in [0.2, 0.25) is 0 Å². The summed E-state index contributed by atoms with van der Waals surface area (Å²) >= 11 is 0.989. The van der Waals surface area contributed by atoms with Gasteiger partial charge < -0.3 is 5.32 Å². The van der Waals surface area contributed by atoms with Gasteiger partial charge in [-0.05, 0) is 31.2 Å². The Morgan fingerprint density at radius 1 is 1.58 bits per heavy atom. The molecule has 1 amide bonds. The average molecular weight is 322 g/mol. The van der Waals surface area contributed by atoms with Gasteiger partial charge in [-0.25, -0.2) is 8.42 Å². The monoisotopic (exact) mass is 321 g/mol. The van der Waals surface area contributed by atoms with Gasteiger partial charge in [-0.2, -0.15) is 0 Å². The van der Waals surface area contributed by atoms with Crippen LogP contribution in [0.2, 0.25) is 0 Å². The second-order valence-electron chi connectivity index (χ2n) is 4.86. The standard InChI is InChI=1S/C12H16ClNO3S2/c1-3-4-8-5-10(8)14-11(15)9-6-18-12(7(9)2)19(13,16)17/h6,8,10H,3-5H2,1-2H3,(H,14,15). The largest absolute Gasteiger partial charge is 0.349 e. The summed E-state index contributed by atoms with van der Waals surface area (Å²) < 4.78 is 22.7. The summed E-state index contributed by atoms with van der Waals surface area (Å²) in [5.74, 6) is 0.369. The molecule has 0 spiro atoms. The summed E-state index contributed by atoms with van der Waals surface area (Å²) in [6, 6.07) is 0.239. The Bertz CT molecular complexity index is 594. The highest BCUT2D eigenvalue weighted by molar-refractivity contribution is 8.15. The summed E-state index contributed by atoms with van der Waals surface area (Å²) in [6.45, 7) is 3.73. The molecule has 1 aromatic heterocycles. The fraction of sp³-hybridized carbons (Fsp3) is 0.583. The fourth-order valence-electron chi connectivity index (χ4n) is 2.22. The van der Waals surface area contributed by atoms with Gasteiger partial charge in [0.1, 0.15) is 4.21 Å². The van der Waals surface area contributed by atoms with Gasteiger partial charge in [0, 0.05) is 22.1 Å². The van der Waals surface area contributed by atoms with Gasteiger partial charge in [-0.15, -0.1) is 11.3 Å². The van der Waals surface area contributed by atoms with Crippen molar-refractivity contribution in [1.29, 1.82) is 0 Å². The van der Waals surface area contributed by atoms with Crippen molar-refractivity contribution in [2.75, 3.05) is 0 Å². The van der Waals surface area contributed by atoms with Crippen LogP contribution >= 0.6 is 22.0 Å². The van der Waals surface area contributed by atoms with Gasteiger partial charge >= 0.3 is 0 Å². The van der Waals surface area contributed by atoms with Crippen LogP contribution in [0.5, 0.6) is 0 Å². The SMILES string of the molecule is CCCC1CC1NC(=O)c1csc(S(=O)(=O)Cl)c1C. The molecule has 1 N–H and O–H groups in total. The highest BCUT2D eigenvalue weighted by Crippen LogP contribution is 2.35. The Labute approximate surface area is 121 Å². The van der Waals surface area contributed by atoms with Crippen LogP contribution < -0.4 is 5.32 Å². The number of rotatable bonds is 5. The third-order valence-electron chi connectivity index (χ3n) is 3.36. The average Bonchev–Trinajstić information content (AvgIpc) is 2.87. The predicted octanol–water partition coefficient (Wildman–Crippen LogP) is 2.90. The van der Waals surface area contributed by atoms with E-state index < -0.39 is 9.05 Å². The van der Waals surface area contributed by atoms with E-state index in [4.69, 9.17) is 10.7 Å². The van der Waals surface area contributed by atoms with Crippen LogP contribution in [0, 0.1) is 12.8 Å². The van der Waals surface area contributed by atoms with E-state index in [0.717, 1.165) is 30.6 Å². The number of hydrogen-bond acceptors (Lipinski definition) is 4. The number of thiophene rings is 1. The maximum Gasteiger partial charge on any atom is 0.271 e. The van der Waals surface area contributed by atoms with Crippen molar-refractivity contribution in [3.05, 3.63) is 16.5 Å². The van der Waals surface area contributed by atoms with E-state index in [0.29, 0.717) is 17.0 Å². The number of nitrogens with one attached hydrogen (secondary N) is 1. The first kappa shape index (κ1) is 14.8. The first-order valence-corrected chi connectivity index (χ1v) is 9.37. The molecule has 2 atom stereocenters. The second-order valence-corrected chi connectivity index (χ2v) is 8.50. The van der Waals surface area contributed by atoms with Crippen molar-refractivity contribution >= 4 is 37.0 Å². The lowest BCUT2D eigenvalue weighted by atomic mass is 10.2. The minimum absolute atomic E-state index is 0.0558. The molecule has 1 fully saturated rings. The number of hydrogen-bond donors (Lipinski definition) is 1. The van der Waals surface area contributed by atoms with Crippen molar-refractivity contribution < 1.29 is 13.2 Å². The van der Waals surface area contributed by atoms with Gasteiger partial charge in [0.05, 0.1) is 5.56 Å². The van der Waals surface area contributed by atoms with Crippen LogP contribution in [-0.2, 0) is 9.05 Å². The Morgan fingerprint density at radius 3 is 2.79 bits per heavy atom. The Morgan fingerprint density at radius 2 is 2.26 bits per heavy atom. The number of amides is 1. The molecule has 0 radical (unpaired) electrons. The third-order valence-corrected chi connectivity index (χ3v) is 6.67. The number of halogens is 1. The van der Waals surface area contributed by atoms with E-state index in [9.17, 15) is 13.2 Å². The highest BCUT2D eigenvalue weighted by Gasteiger charge is 2.37. The van der Waals surface area contributed by atoms with E-state index in [1.54, 1.807) is 12.3 Å². The molecule has 0 aliphatic heterocycles. The molecule has 7 heteroatoms. The second kappa shape index (κ2) is 5.42. The number of carbonyl (C=O) groups excluding carboxylic acids is 1. The van der Waals surface area contributed by atoms with E-state index in [1.807, 2.05) is 0 Å². The van der Waals surface area contributed by atoms with Crippen molar-refractivity contribution in [3.63, 3.8) is 0 Å². The third kappa shape index (κ3) is 3.30. The van der Waals surface area contributed by atoms with Gasteiger partial charge in [-0.3, -0.25) is 4.79 Å². The van der Waals surface area contributed by atoms with E-state index >= 15 is 0 Å². The van der Waals surface area contributed by atoms with Crippen LogP contribution in [0.3, 0.4) is 0 Å². The van der Waals surface area contributed by atoms with E-state index in [2.05, 4.69) is 12.2 Å².